The van der Waals surface area contributed by atoms with Gasteiger partial charge < -0.3 is 10.8 Å². The Kier molecular flexibility index (Phi) is 5.85. The zero-order valence-corrected chi connectivity index (χ0v) is 19.6. The molecule has 4 fully saturated rings. The molecule has 0 radical (unpaired) electrons. The summed E-state index contributed by atoms with van der Waals surface area (Å²) >= 11 is 0. The second-order valence-corrected chi connectivity index (χ2v) is 11.8. The van der Waals surface area contributed by atoms with Crippen LogP contribution < -0.4 is 5.73 Å². The topological polar surface area (TPSA) is 78.9 Å². The molecule has 4 aliphatic carbocycles. The van der Waals surface area contributed by atoms with Crippen LogP contribution in [-0.4, -0.2) is 47.9 Å². The lowest BCUT2D eigenvalue weighted by Crippen LogP contribution is -2.55. The number of aliphatic hydroxyl groups is 1. The van der Waals surface area contributed by atoms with Gasteiger partial charge in [0.25, 0.3) is 0 Å². The van der Waals surface area contributed by atoms with E-state index < -0.39 is 5.60 Å². The third-order valence-electron chi connectivity index (χ3n) is 10.1. The lowest BCUT2D eigenvalue weighted by atomic mass is 9.44. The van der Waals surface area contributed by atoms with Crippen LogP contribution in [0, 0.1) is 40.4 Å². The normalized spacial score (nSPS) is 48.1. The molecule has 0 aliphatic heterocycles. The van der Waals surface area contributed by atoms with Crippen molar-refractivity contribution in [3.8, 4) is 0 Å². The molecule has 4 rings (SSSR count). The lowest BCUT2D eigenvalue weighted by Gasteiger charge is -2.61. The standard InChI is InChI=1S/C25H43N3O2/c1-23(30)11-12-24(2)17(15-23)5-6-18-19-7-8-21(25(19,3)10-9-20(18)24)22(29)16-28(4)27-14-13-26/h14,17-21,30H,5-13,15-16,26H2,1-4H3/b27-14-/t17-,18-,19-,20-,21+,23+,24-,25-/m0/s1. The molecule has 3 N–H and O–H groups in total. The van der Waals surface area contributed by atoms with Crippen molar-refractivity contribution < 1.29 is 9.90 Å². The van der Waals surface area contributed by atoms with Gasteiger partial charge in [0.05, 0.1) is 12.1 Å². The number of hydrogen-bond donors (Lipinski definition) is 2. The first-order valence-electron chi connectivity index (χ1n) is 12.3. The highest BCUT2D eigenvalue weighted by Crippen LogP contribution is 2.68. The Morgan fingerprint density at radius 2 is 1.80 bits per heavy atom. The monoisotopic (exact) mass is 417 g/mol. The van der Waals surface area contributed by atoms with E-state index in [9.17, 15) is 9.90 Å². The second-order valence-electron chi connectivity index (χ2n) is 11.8. The summed E-state index contributed by atoms with van der Waals surface area (Å²) < 4.78 is 0. The molecule has 0 aromatic heterocycles. The number of nitrogens with two attached hydrogens (primary N) is 1. The number of hydrazone groups is 1. The fourth-order valence-electron chi connectivity index (χ4n) is 8.52. The molecule has 0 aromatic carbocycles. The van der Waals surface area contributed by atoms with Gasteiger partial charge in [-0.1, -0.05) is 13.8 Å². The van der Waals surface area contributed by atoms with Crippen molar-refractivity contribution in [2.45, 2.75) is 84.2 Å². The van der Waals surface area contributed by atoms with E-state index in [1.807, 2.05) is 14.0 Å². The molecule has 0 amide bonds. The summed E-state index contributed by atoms with van der Waals surface area (Å²) in [6.45, 7) is 7.80. The van der Waals surface area contributed by atoms with Crippen LogP contribution in [0.3, 0.4) is 0 Å². The molecule has 5 heteroatoms. The van der Waals surface area contributed by atoms with E-state index in [1.165, 1.54) is 38.5 Å². The number of hydrogen-bond acceptors (Lipinski definition) is 5. The van der Waals surface area contributed by atoms with E-state index >= 15 is 0 Å². The average molecular weight is 418 g/mol. The van der Waals surface area contributed by atoms with Gasteiger partial charge in [0, 0.05) is 25.7 Å². The smallest absolute Gasteiger partial charge is 0.157 e. The molecule has 170 valence electrons. The summed E-state index contributed by atoms with van der Waals surface area (Å²) in [5.41, 5.74) is 5.56. The Bertz CT molecular complexity index is 692. The summed E-state index contributed by atoms with van der Waals surface area (Å²) in [7, 11) is 1.87. The van der Waals surface area contributed by atoms with E-state index in [1.54, 1.807) is 11.2 Å². The molecule has 4 aliphatic rings. The number of likely N-dealkylation sites (N-methyl/N-ethyl adjacent to an activating group) is 1. The fourth-order valence-corrected chi connectivity index (χ4v) is 8.52. The van der Waals surface area contributed by atoms with Crippen LogP contribution in [0.15, 0.2) is 5.10 Å². The zero-order chi connectivity index (χ0) is 21.7. The van der Waals surface area contributed by atoms with Crippen molar-refractivity contribution in [1.29, 1.82) is 0 Å². The van der Waals surface area contributed by atoms with E-state index in [4.69, 9.17) is 5.73 Å². The predicted molar refractivity (Wildman–Crippen MR) is 121 cm³/mol. The van der Waals surface area contributed by atoms with Gasteiger partial charge in [0.15, 0.2) is 5.78 Å². The minimum Gasteiger partial charge on any atom is -0.390 e. The SMILES string of the molecule is CN(CC(=O)[C@H]1CC[C@H]2[C@@H]3CC[C@H]4C[C@](C)(O)CC[C@]4(C)[C@H]3CC[C@]12C)/N=C\CN. The Morgan fingerprint density at radius 3 is 2.53 bits per heavy atom. The minimum absolute atomic E-state index is 0.153. The number of carbonyl (C=O) groups is 1. The number of carbonyl (C=O) groups excluding carboxylic acids is 1. The quantitative estimate of drug-likeness (QED) is 0.526. The highest BCUT2D eigenvalue weighted by Gasteiger charge is 2.61. The molecule has 0 unspecified atom stereocenters. The van der Waals surface area contributed by atoms with Crippen molar-refractivity contribution >= 4 is 12.0 Å². The molecule has 0 aromatic rings. The molecule has 5 nitrogen and oxygen atoms in total. The summed E-state index contributed by atoms with van der Waals surface area (Å²) in [5, 5.41) is 16.7. The highest BCUT2D eigenvalue weighted by atomic mass is 16.3. The van der Waals surface area contributed by atoms with Crippen LogP contribution in [0.2, 0.25) is 0 Å². The number of fused-ring (bicyclic) bond motifs is 5. The number of rotatable bonds is 5. The molecule has 0 heterocycles. The maximum atomic E-state index is 13.2. The second kappa shape index (κ2) is 7.88. The molecule has 4 saturated carbocycles. The third kappa shape index (κ3) is 3.64. The highest BCUT2D eigenvalue weighted by molar-refractivity contribution is 5.84. The summed E-state index contributed by atoms with van der Waals surface area (Å²) in [4.78, 5) is 13.2. The Balaban J connectivity index is 1.49. The summed E-state index contributed by atoms with van der Waals surface area (Å²) in [6, 6.07) is 0. The van der Waals surface area contributed by atoms with Gasteiger partial charge in [-0.25, -0.2) is 0 Å². The molecule has 0 spiro atoms. The Labute approximate surface area is 182 Å². The number of ketones is 1. The Morgan fingerprint density at radius 1 is 1.07 bits per heavy atom. The van der Waals surface area contributed by atoms with Crippen LogP contribution in [-0.2, 0) is 4.79 Å². The maximum absolute atomic E-state index is 13.2. The van der Waals surface area contributed by atoms with Crippen molar-refractivity contribution in [2.24, 2.45) is 51.3 Å². The van der Waals surface area contributed by atoms with Gasteiger partial charge in [0.2, 0.25) is 0 Å². The van der Waals surface area contributed by atoms with Crippen molar-refractivity contribution in [1.82, 2.24) is 5.01 Å². The van der Waals surface area contributed by atoms with Gasteiger partial charge in [-0.2, -0.15) is 5.10 Å². The van der Waals surface area contributed by atoms with Gasteiger partial charge in [-0.3, -0.25) is 9.80 Å². The van der Waals surface area contributed by atoms with Gasteiger partial charge in [-0.15, -0.1) is 0 Å². The molecular formula is C25H43N3O2. The molecule has 30 heavy (non-hydrogen) atoms. The van der Waals surface area contributed by atoms with Crippen LogP contribution in [0.4, 0.5) is 0 Å². The van der Waals surface area contributed by atoms with Gasteiger partial charge >= 0.3 is 0 Å². The third-order valence-corrected chi connectivity index (χ3v) is 10.1. The van der Waals surface area contributed by atoms with Gasteiger partial charge in [0.1, 0.15) is 0 Å². The van der Waals surface area contributed by atoms with Crippen molar-refractivity contribution in [2.75, 3.05) is 20.1 Å². The molecule has 0 saturated heterocycles. The number of Topliss-reactive ketones (excluding diaryl/α,β-unsaturated/α-hetero) is 1. The van der Waals surface area contributed by atoms with Crippen molar-refractivity contribution in [3.05, 3.63) is 0 Å². The first-order valence-corrected chi connectivity index (χ1v) is 12.3. The lowest BCUT2D eigenvalue weighted by molar-refractivity contribution is -0.151. The van der Waals surface area contributed by atoms with Crippen LogP contribution >= 0.6 is 0 Å². The van der Waals surface area contributed by atoms with Crippen LogP contribution in [0.25, 0.3) is 0 Å². The molecular weight excluding hydrogens is 374 g/mol. The Hall–Kier alpha value is -0.940. The van der Waals surface area contributed by atoms with E-state index in [0.717, 1.165) is 31.1 Å². The minimum atomic E-state index is -0.469. The maximum Gasteiger partial charge on any atom is 0.157 e. The zero-order valence-electron chi connectivity index (χ0n) is 19.6. The van der Waals surface area contributed by atoms with E-state index in [0.29, 0.717) is 36.1 Å². The van der Waals surface area contributed by atoms with Crippen molar-refractivity contribution in [3.63, 3.8) is 0 Å². The number of nitrogens with zero attached hydrogens (tertiary/aromatic N) is 2. The summed E-state index contributed by atoms with van der Waals surface area (Å²) in [6.07, 6.45) is 12.0. The van der Waals surface area contributed by atoms with E-state index in [-0.39, 0.29) is 11.3 Å². The first-order chi connectivity index (χ1) is 14.1. The van der Waals surface area contributed by atoms with Crippen LogP contribution in [0.5, 0.6) is 0 Å². The predicted octanol–water partition coefficient (Wildman–Crippen LogP) is 3.84. The average Bonchev–Trinajstić information content (AvgIpc) is 3.04. The fraction of sp³-hybridized carbons (Fsp3) is 0.920. The van der Waals surface area contributed by atoms with E-state index in [2.05, 4.69) is 18.9 Å². The van der Waals surface area contributed by atoms with Gasteiger partial charge in [-0.05, 0) is 99.2 Å². The first kappa shape index (κ1) is 22.3. The molecule has 0 bridgehead atoms. The van der Waals surface area contributed by atoms with Crippen LogP contribution in [0.1, 0.15) is 78.6 Å². The molecule has 8 atom stereocenters. The summed E-state index contributed by atoms with van der Waals surface area (Å²) in [5.74, 6) is 3.43. The largest absolute Gasteiger partial charge is 0.390 e.